The van der Waals surface area contributed by atoms with Crippen LogP contribution in [0.5, 0.6) is 0 Å². The quantitative estimate of drug-likeness (QED) is 0.750. The number of nitrogens with zero attached hydrogens (tertiary/aromatic N) is 3. The summed E-state index contributed by atoms with van der Waals surface area (Å²) in [4.78, 5) is 4.03. The van der Waals surface area contributed by atoms with E-state index in [0.717, 1.165) is 6.42 Å². The molecule has 0 spiro atoms. The molecule has 0 saturated carbocycles. The minimum atomic E-state index is 0.256. The molecule has 1 aliphatic carbocycles. The van der Waals surface area contributed by atoms with Gasteiger partial charge in [-0.25, -0.2) is 9.67 Å². The SMILES string of the molecule is CC1Cc2c(-n3cncn3)cccc2C1(C)C. The molecule has 0 amide bonds. The second kappa shape index (κ2) is 3.42. The molecule has 3 nitrogen and oxygen atoms in total. The first-order chi connectivity index (χ1) is 8.10. The number of hydrogen-bond acceptors (Lipinski definition) is 2. The Bertz CT molecular complexity index is 541. The van der Waals surface area contributed by atoms with Crippen molar-refractivity contribution in [2.45, 2.75) is 32.6 Å². The van der Waals surface area contributed by atoms with Gasteiger partial charge < -0.3 is 0 Å². The van der Waals surface area contributed by atoms with Crippen LogP contribution in [0.25, 0.3) is 5.69 Å². The normalized spacial score (nSPS) is 21.5. The molecule has 0 bridgehead atoms. The predicted octanol–water partition coefficient (Wildman–Crippen LogP) is 2.74. The van der Waals surface area contributed by atoms with Crippen LogP contribution in [0.1, 0.15) is 31.9 Å². The van der Waals surface area contributed by atoms with E-state index in [2.05, 4.69) is 49.1 Å². The molecule has 1 aromatic carbocycles. The van der Waals surface area contributed by atoms with Crippen LogP contribution in [0.15, 0.2) is 30.9 Å². The smallest absolute Gasteiger partial charge is 0.138 e. The van der Waals surface area contributed by atoms with Crippen molar-refractivity contribution in [2.24, 2.45) is 5.92 Å². The monoisotopic (exact) mass is 227 g/mol. The van der Waals surface area contributed by atoms with Crippen LogP contribution in [0.3, 0.4) is 0 Å². The van der Waals surface area contributed by atoms with Crippen molar-refractivity contribution in [1.29, 1.82) is 0 Å². The molecular formula is C14H17N3. The van der Waals surface area contributed by atoms with Crippen molar-refractivity contribution < 1.29 is 0 Å². The average Bonchev–Trinajstić information content (AvgIpc) is 2.88. The molecule has 88 valence electrons. The fourth-order valence-corrected chi connectivity index (χ4v) is 2.77. The molecule has 0 saturated heterocycles. The lowest BCUT2D eigenvalue weighted by atomic mass is 9.80. The highest BCUT2D eigenvalue weighted by molar-refractivity contribution is 5.51. The van der Waals surface area contributed by atoms with Crippen molar-refractivity contribution >= 4 is 0 Å². The number of hydrogen-bond donors (Lipinski definition) is 0. The first kappa shape index (κ1) is 10.5. The van der Waals surface area contributed by atoms with Gasteiger partial charge in [-0.15, -0.1) is 0 Å². The van der Waals surface area contributed by atoms with Gasteiger partial charge in [-0.1, -0.05) is 32.9 Å². The van der Waals surface area contributed by atoms with Gasteiger partial charge in [0.05, 0.1) is 5.69 Å². The van der Waals surface area contributed by atoms with Gasteiger partial charge in [0.15, 0.2) is 0 Å². The number of aromatic nitrogens is 3. The van der Waals surface area contributed by atoms with Crippen molar-refractivity contribution in [2.75, 3.05) is 0 Å². The van der Waals surface area contributed by atoms with Crippen molar-refractivity contribution in [1.82, 2.24) is 14.8 Å². The van der Waals surface area contributed by atoms with Crippen LogP contribution < -0.4 is 0 Å². The summed E-state index contributed by atoms with van der Waals surface area (Å²) in [6.07, 6.45) is 4.48. The first-order valence-corrected chi connectivity index (χ1v) is 6.08. The summed E-state index contributed by atoms with van der Waals surface area (Å²) in [5.41, 5.74) is 4.32. The van der Waals surface area contributed by atoms with E-state index in [1.807, 2.05) is 4.68 Å². The molecule has 3 rings (SSSR count). The molecule has 1 aliphatic rings. The van der Waals surface area contributed by atoms with Crippen LogP contribution in [-0.2, 0) is 11.8 Å². The van der Waals surface area contributed by atoms with Gasteiger partial charge in [-0.05, 0) is 34.9 Å². The standard InChI is InChI=1S/C14H17N3/c1-10-7-11-12(14(10,2)3)5-4-6-13(11)17-9-15-8-16-17/h4-6,8-10H,7H2,1-3H3. The summed E-state index contributed by atoms with van der Waals surface area (Å²) in [5, 5.41) is 4.24. The second-order valence-electron chi connectivity index (χ2n) is 5.47. The van der Waals surface area contributed by atoms with E-state index >= 15 is 0 Å². The summed E-state index contributed by atoms with van der Waals surface area (Å²) in [6.45, 7) is 6.98. The highest BCUT2D eigenvalue weighted by atomic mass is 15.3. The fraction of sp³-hybridized carbons (Fsp3) is 0.429. The molecule has 0 aliphatic heterocycles. The molecule has 3 heteroatoms. The highest BCUT2D eigenvalue weighted by Crippen LogP contribution is 2.44. The molecule has 0 N–H and O–H groups in total. The Morgan fingerprint density at radius 1 is 1.35 bits per heavy atom. The molecule has 2 aromatic rings. The molecule has 0 fully saturated rings. The minimum Gasteiger partial charge on any atom is -0.223 e. The zero-order valence-corrected chi connectivity index (χ0v) is 10.5. The first-order valence-electron chi connectivity index (χ1n) is 6.08. The Morgan fingerprint density at radius 3 is 2.88 bits per heavy atom. The van der Waals surface area contributed by atoms with E-state index in [1.54, 1.807) is 12.7 Å². The van der Waals surface area contributed by atoms with E-state index in [4.69, 9.17) is 0 Å². The van der Waals surface area contributed by atoms with E-state index in [9.17, 15) is 0 Å². The number of benzene rings is 1. The lowest BCUT2D eigenvalue weighted by Crippen LogP contribution is -2.21. The van der Waals surface area contributed by atoms with Gasteiger partial charge in [0.1, 0.15) is 12.7 Å². The third kappa shape index (κ3) is 1.42. The maximum Gasteiger partial charge on any atom is 0.138 e. The van der Waals surface area contributed by atoms with Crippen LogP contribution >= 0.6 is 0 Å². The highest BCUT2D eigenvalue weighted by Gasteiger charge is 2.37. The van der Waals surface area contributed by atoms with Crippen molar-refractivity contribution in [3.05, 3.63) is 42.0 Å². The average molecular weight is 227 g/mol. The molecule has 0 radical (unpaired) electrons. The van der Waals surface area contributed by atoms with Crippen molar-refractivity contribution in [3.8, 4) is 5.69 Å². The van der Waals surface area contributed by atoms with E-state index in [1.165, 1.54) is 16.8 Å². The Labute approximate surface area is 101 Å². The van der Waals surface area contributed by atoms with Gasteiger partial charge in [0.2, 0.25) is 0 Å². The third-order valence-corrected chi connectivity index (χ3v) is 4.25. The topological polar surface area (TPSA) is 30.7 Å². The molecule has 1 atom stereocenters. The molecule has 1 unspecified atom stereocenters. The summed E-state index contributed by atoms with van der Waals surface area (Å²) in [5.74, 6) is 0.669. The van der Waals surface area contributed by atoms with Crippen LogP contribution in [0.2, 0.25) is 0 Å². The Hall–Kier alpha value is -1.64. The maximum absolute atomic E-state index is 4.24. The van der Waals surface area contributed by atoms with E-state index in [0.29, 0.717) is 5.92 Å². The maximum atomic E-state index is 4.24. The summed E-state index contributed by atoms with van der Waals surface area (Å²) < 4.78 is 1.87. The molecule has 1 heterocycles. The van der Waals surface area contributed by atoms with Crippen molar-refractivity contribution in [3.63, 3.8) is 0 Å². The Morgan fingerprint density at radius 2 is 2.18 bits per heavy atom. The molecule has 17 heavy (non-hydrogen) atoms. The van der Waals surface area contributed by atoms with Gasteiger partial charge >= 0.3 is 0 Å². The van der Waals surface area contributed by atoms with Gasteiger partial charge in [-0.2, -0.15) is 5.10 Å². The predicted molar refractivity (Wildman–Crippen MR) is 67.3 cm³/mol. The van der Waals surface area contributed by atoms with Gasteiger partial charge in [0, 0.05) is 0 Å². The van der Waals surface area contributed by atoms with E-state index < -0.39 is 0 Å². The second-order valence-corrected chi connectivity index (χ2v) is 5.47. The third-order valence-electron chi connectivity index (χ3n) is 4.25. The van der Waals surface area contributed by atoms with Crippen LogP contribution in [0, 0.1) is 5.92 Å². The zero-order valence-electron chi connectivity index (χ0n) is 10.5. The van der Waals surface area contributed by atoms with Gasteiger partial charge in [-0.3, -0.25) is 0 Å². The van der Waals surface area contributed by atoms with Crippen LogP contribution in [0.4, 0.5) is 0 Å². The lowest BCUT2D eigenvalue weighted by Gasteiger charge is -2.25. The summed E-state index contributed by atoms with van der Waals surface area (Å²) in [6, 6.07) is 6.50. The Kier molecular flexibility index (Phi) is 2.12. The lowest BCUT2D eigenvalue weighted by molar-refractivity contribution is 0.379. The molecular weight excluding hydrogens is 210 g/mol. The largest absolute Gasteiger partial charge is 0.223 e. The number of rotatable bonds is 1. The van der Waals surface area contributed by atoms with Gasteiger partial charge in [0.25, 0.3) is 0 Å². The van der Waals surface area contributed by atoms with Crippen LogP contribution in [-0.4, -0.2) is 14.8 Å². The number of fused-ring (bicyclic) bond motifs is 1. The molecule has 1 aromatic heterocycles. The van der Waals surface area contributed by atoms with E-state index in [-0.39, 0.29) is 5.41 Å². The summed E-state index contributed by atoms with van der Waals surface area (Å²) in [7, 11) is 0. The minimum absolute atomic E-state index is 0.256. The summed E-state index contributed by atoms with van der Waals surface area (Å²) >= 11 is 0. The zero-order chi connectivity index (χ0) is 12.0. The fourth-order valence-electron chi connectivity index (χ4n) is 2.77. The Balaban J connectivity index is 2.21.